The summed E-state index contributed by atoms with van der Waals surface area (Å²) in [6.45, 7) is 7.10. The van der Waals surface area contributed by atoms with Gasteiger partial charge in [-0.05, 0) is 56.5 Å². The fourth-order valence-electron chi connectivity index (χ4n) is 3.85. The summed E-state index contributed by atoms with van der Waals surface area (Å²) in [5, 5.41) is 0.604. The van der Waals surface area contributed by atoms with Crippen LogP contribution < -0.4 is 4.90 Å². The summed E-state index contributed by atoms with van der Waals surface area (Å²) in [7, 11) is -3.56. The first-order valence-electron chi connectivity index (χ1n) is 11.2. The monoisotopic (exact) mass is 496 g/mol. The number of aryl methyl sites for hydroxylation is 4. The molecule has 0 aliphatic heterocycles. The van der Waals surface area contributed by atoms with Crippen LogP contribution in [0.4, 0.5) is 5.13 Å². The third kappa shape index (κ3) is 5.53. The van der Waals surface area contributed by atoms with Gasteiger partial charge >= 0.3 is 0 Å². The van der Waals surface area contributed by atoms with Crippen molar-refractivity contribution >= 4 is 42.4 Å². The third-order valence-corrected chi connectivity index (χ3v) is 8.43. The average molecular weight is 497 g/mol. The molecule has 0 aliphatic carbocycles. The topological polar surface area (TPSA) is 85.2 Å². The number of imidazole rings is 1. The second-order valence-corrected chi connectivity index (χ2v) is 11.6. The van der Waals surface area contributed by atoms with Gasteiger partial charge in [-0.1, -0.05) is 35.1 Å². The van der Waals surface area contributed by atoms with Crippen molar-refractivity contribution in [3.05, 3.63) is 71.8 Å². The second-order valence-electron chi connectivity index (χ2n) is 8.51. The van der Waals surface area contributed by atoms with Crippen molar-refractivity contribution in [2.45, 2.75) is 45.1 Å². The van der Waals surface area contributed by atoms with E-state index in [0.717, 1.165) is 26.9 Å². The molecule has 1 amide bonds. The Labute approximate surface area is 204 Å². The SMILES string of the molecule is Cc1ccc(S(=O)(=O)CCC(=O)N(CCCn2ccnc2)c2nc3c(C)cc(C)cc3s2)cc1. The number of rotatable bonds is 9. The van der Waals surface area contributed by atoms with Crippen molar-refractivity contribution in [1.82, 2.24) is 14.5 Å². The lowest BCUT2D eigenvalue weighted by Gasteiger charge is -2.20. The van der Waals surface area contributed by atoms with Crippen LogP contribution in [0.2, 0.25) is 0 Å². The molecule has 0 aliphatic rings. The Kier molecular flexibility index (Phi) is 7.13. The van der Waals surface area contributed by atoms with E-state index in [1.54, 1.807) is 41.7 Å². The van der Waals surface area contributed by atoms with Gasteiger partial charge in [-0.3, -0.25) is 9.69 Å². The van der Waals surface area contributed by atoms with Crippen LogP contribution in [-0.4, -0.2) is 41.2 Å². The van der Waals surface area contributed by atoms with Crippen LogP contribution >= 0.6 is 11.3 Å². The normalized spacial score (nSPS) is 11.7. The van der Waals surface area contributed by atoms with Crippen LogP contribution in [-0.2, 0) is 21.2 Å². The zero-order valence-electron chi connectivity index (χ0n) is 19.6. The Morgan fingerprint density at radius 3 is 2.56 bits per heavy atom. The molecular weight excluding hydrogens is 468 g/mol. The Morgan fingerprint density at radius 2 is 1.85 bits per heavy atom. The van der Waals surface area contributed by atoms with E-state index in [1.807, 2.05) is 31.5 Å². The number of hydrogen-bond acceptors (Lipinski definition) is 6. The molecule has 178 valence electrons. The molecule has 0 unspecified atom stereocenters. The first-order chi connectivity index (χ1) is 16.2. The largest absolute Gasteiger partial charge is 0.337 e. The van der Waals surface area contributed by atoms with E-state index in [0.29, 0.717) is 24.6 Å². The number of amides is 1. The lowest BCUT2D eigenvalue weighted by atomic mass is 10.1. The average Bonchev–Trinajstić information content (AvgIpc) is 3.45. The molecule has 34 heavy (non-hydrogen) atoms. The molecule has 4 aromatic rings. The highest BCUT2D eigenvalue weighted by molar-refractivity contribution is 7.91. The second kappa shape index (κ2) is 10.1. The zero-order valence-corrected chi connectivity index (χ0v) is 21.2. The van der Waals surface area contributed by atoms with Gasteiger partial charge in [-0.25, -0.2) is 18.4 Å². The van der Waals surface area contributed by atoms with E-state index in [4.69, 9.17) is 4.98 Å². The summed E-state index contributed by atoms with van der Waals surface area (Å²) < 4.78 is 28.6. The maximum atomic E-state index is 13.3. The number of thiazole rings is 1. The lowest BCUT2D eigenvalue weighted by molar-refractivity contribution is -0.118. The fraction of sp³-hybridized carbons (Fsp3) is 0.320. The van der Waals surface area contributed by atoms with Gasteiger partial charge in [0, 0.05) is 31.9 Å². The van der Waals surface area contributed by atoms with Gasteiger partial charge < -0.3 is 4.57 Å². The minimum atomic E-state index is -3.56. The smallest absolute Gasteiger partial charge is 0.229 e. The van der Waals surface area contributed by atoms with Crippen molar-refractivity contribution in [1.29, 1.82) is 0 Å². The number of nitrogens with zero attached hydrogens (tertiary/aromatic N) is 4. The molecule has 2 aromatic heterocycles. The van der Waals surface area contributed by atoms with E-state index in [1.165, 1.54) is 11.3 Å². The van der Waals surface area contributed by atoms with Crippen molar-refractivity contribution < 1.29 is 13.2 Å². The molecule has 7 nitrogen and oxygen atoms in total. The predicted octanol–water partition coefficient (Wildman–Crippen LogP) is 4.71. The molecule has 0 N–H and O–H groups in total. The summed E-state index contributed by atoms with van der Waals surface area (Å²) >= 11 is 1.47. The quantitative estimate of drug-likeness (QED) is 0.335. The number of fused-ring (bicyclic) bond motifs is 1. The Balaban J connectivity index is 1.55. The van der Waals surface area contributed by atoms with Crippen LogP contribution in [0.5, 0.6) is 0 Å². The molecule has 0 bridgehead atoms. The molecule has 0 saturated heterocycles. The van der Waals surface area contributed by atoms with Crippen molar-refractivity contribution in [2.75, 3.05) is 17.2 Å². The number of benzene rings is 2. The van der Waals surface area contributed by atoms with Crippen LogP contribution in [0.1, 0.15) is 29.5 Å². The van der Waals surface area contributed by atoms with Gasteiger partial charge in [0.25, 0.3) is 0 Å². The van der Waals surface area contributed by atoms with E-state index in [9.17, 15) is 13.2 Å². The first kappa shape index (κ1) is 24.1. The Hall–Kier alpha value is -3.04. The summed E-state index contributed by atoms with van der Waals surface area (Å²) in [5.41, 5.74) is 4.07. The van der Waals surface area contributed by atoms with Crippen LogP contribution in [0.3, 0.4) is 0 Å². The lowest BCUT2D eigenvalue weighted by Crippen LogP contribution is -2.33. The minimum absolute atomic E-state index is 0.102. The molecule has 0 spiro atoms. The van der Waals surface area contributed by atoms with Gasteiger partial charge in [0.1, 0.15) is 0 Å². The number of anilines is 1. The van der Waals surface area contributed by atoms with Crippen LogP contribution in [0.15, 0.2) is 60.0 Å². The number of hydrogen-bond donors (Lipinski definition) is 0. The van der Waals surface area contributed by atoms with E-state index >= 15 is 0 Å². The molecule has 0 fully saturated rings. The third-order valence-electron chi connectivity index (χ3n) is 5.67. The summed E-state index contributed by atoms with van der Waals surface area (Å²) in [5.74, 6) is -0.481. The van der Waals surface area contributed by atoms with Crippen molar-refractivity contribution in [3.63, 3.8) is 0 Å². The van der Waals surface area contributed by atoms with Crippen LogP contribution in [0, 0.1) is 20.8 Å². The number of carbonyl (C=O) groups excluding carboxylic acids is 1. The highest BCUT2D eigenvalue weighted by Crippen LogP contribution is 2.32. The van der Waals surface area contributed by atoms with Gasteiger partial charge in [-0.2, -0.15) is 0 Å². The molecule has 2 heterocycles. The van der Waals surface area contributed by atoms with E-state index in [-0.39, 0.29) is 23.0 Å². The summed E-state index contributed by atoms with van der Waals surface area (Å²) in [4.78, 5) is 24.0. The Bertz CT molecular complexity index is 1390. The van der Waals surface area contributed by atoms with Gasteiger partial charge in [0.2, 0.25) is 5.91 Å². The number of aromatic nitrogens is 3. The van der Waals surface area contributed by atoms with Gasteiger partial charge in [0.05, 0.1) is 27.2 Å². The minimum Gasteiger partial charge on any atom is -0.337 e. The molecule has 0 radical (unpaired) electrons. The molecule has 4 rings (SSSR count). The zero-order chi connectivity index (χ0) is 24.3. The molecule has 0 atom stereocenters. The molecular formula is C25H28N4O3S2. The predicted molar refractivity (Wildman–Crippen MR) is 136 cm³/mol. The number of sulfone groups is 1. The van der Waals surface area contributed by atoms with E-state index in [2.05, 4.69) is 17.1 Å². The summed E-state index contributed by atoms with van der Waals surface area (Å²) in [6, 6.07) is 10.9. The van der Waals surface area contributed by atoms with Gasteiger partial charge in [-0.15, -0.1) is 0 Å². The van der Waals surface area contributed by atoms with Crippen molar-refractivity contribution in [3.8, 4) is 0 Å². The highest BCUT2D eigenvalue weighted by Gasteiger charge is 2.23. The number of carbonyl (C=O) groups is 1. The Morgan fingerprint density at radius 1 is 1.09 bits per heavy atom. The van der Waals surface area contributed by atoms with Crippen LogP contribution in [0.25, 0.3) is 10.2 Å². The maximum Gasteiger partial charge on any atom is 0.229 e. The first-order valence-corrected chi connectivity index (χ1v) is 13.6. The molecule has 9 heteroatoms. The molecule has 0 saturated carbocycles. The molecule has 2 aromatic carbocycles. The summed E-state index contributed by atoms with van der Waals surface area (Å²) in [6.07, 6.45) is 5.93. The van der Waals surface area contributed by atoms with E-state index < -0.39 is 9.84 Å². The van der Waals surface area contributed by atoms with Gasteiger partial charge in [0.15, 0.2) is 15.0 Å². The maximum absolute atomic E-state index is 13.3. The highest BCUT2D eigenvalue weighted by atomic mass is 32.2. The van der Waals surface area contributed by atoms with Crippen molar-refractivity contribution in [2.24, 2.45) is 0 Å². The fourth-order valence-corrected chi connectivity index (χ4v) is 6.27. The standard InChI is InChI=1S/C25H28N4O3S2/c1-18-5-7-21(8-6-18)34(31,32)14-9-23(30)29(12-4-11-28-13-10-26-17-28)25-27-24-20(3)15-19(2)16-22(24)33-25/h5-8,10,13,15-17H,4,9,11-12,14H2,1-3H3.